The molecule has 2 aromatic carbocycles. The van der Waals surface area contributed by atoms with Crippen LogP contribution >= 0.6 is 27.7 Å². The second-order valence-corrected chi connectivity index (χ2v) is 13.0. The number of nitrogens with one attached hydrogen (secondary N) is 2. The molecule has 0 saturated carbocycles. The average molecular weight is 614 g/mol. The van der Waals surface area contributed by atoms with Gasteiger partial charge < -0.3 is 20.6 Å². The second kappa shape index (κ2) is 10.2. The molecule has 3 N–H and O–H groups in total. The number of rotatable bonds is 8. The third-order valence-electron chi connectivity index (χ3n) is 8.27. The van der Waals surface area contributed by atoms with Gasteiger partial charge in [0.25, 0.3) is 0 Å². The van der Waals surface area contributed by atoms with Crippen LogP contribution in [-0.2, 0) is 27.5 Å². The number of para-hydroxylation sites is 1. The van der Waals surface area contributed by atoms with Crippen molar-refractivity contribution in [3.63, 3.8) is 0 Å². The number of fused-ring (bicyclic) bond motifs is 2. The first-order chi connectivity index (χ1) is 18.9. The van der Waals surface area contributed by atoms with Crippen LogP contribution in [0.4, 0.5) is 0 Å². The van der Waals surface area contributed by atoms with E-state index >= 15 is 0 Å². The van der Waals surface area contributed by atoms with Crippen LogP contribution in [0.15, 0.2) is 54.6 Å². The molecule has 7 atom stereocenters. The van der Waals surface area contributed by atoms with Gasteiger partial charge in [0.2, 0.25) is 17.7 Å². The van der Waals surface area contributed by atoms with Crippen molar-refractivity contribution in [1.29, 1.82) is 0 Å². The molecule has 3 fully saturated rings. The Labute approximate surface area is 238 Å². The fourth-order valence-electron chi connectivity index (χ4n) is 6.65. The van der Waals surface area contributed by atoms with E-state index in [1.54, 1.807) is 28.4 Å². The Morgan fingerprint density at radius 3 is 2.67 bits per heavy atom. The van der Waals surface area contributed by atoms with Crippen molar-refractivity contribution in [3.05, 3.63) is 60.2 Å². The number of nitrogens with zero attached hydrogens (tertiary/aromatic N) is 4. The number of alkyl halides is 1. The van der Waals surface area contributed by atoms with Crippen molar-refractivity contribution in [1.82, 2.24) is 30.5 Å². The summed E-state index contributed by atoms with van der Waals surface area (Å²) >= 11 is 5.32. The molecule has 1 aromatic heterocycles. The molecular formula is C27H29BrN6O4S. The number of amides is 3. The molecule has 3 saturated heterocycles. The molecule has 0 aliphatic carbocycles. The fourth-order valence-corrected chi connectivity index (χ4v) is 10.2. The van der Waals surface area contributed by atoms with Gasteiger partial charge in [0, 0.05) is 17.1 Å². The van der Waals surface area contributed by atoms with Crippen molar-refractivity contribution >= 4 is 56.4 Å². The van der Waals surface area contributed by atoms with E-state index in [0.717, 1.165) is 11.1 Å². The number of aliphatic hydroxyl groups is 1. The minimum atomic E-state index is -0.865. The quantitative estimate of drug-likeness (QED) is 0.327. The lowest BCUT2D eigenvalue weighted by atomic mass is 9.70. The van der Waals surface area contributed by atoms with Crippen molar-refractivity contribution < 1.29 is 19.5 Å². The number of thioether (sulfide) groups is 1. The van der Waals surface area contributed by atoms with Crippen molar-refractivity contribution in [2.75, 3.05) is 13.7 Å². The van der Waals surface area contributed by atoms with Crippen LogP contribution in [-0.4, -0.2) is 83.3 Å². The Hall–Kier alpha value is -2.96. The van der Waals surface area contributed by atoms with E-state index in [1.165, 1.54) is 0 Å². The maximum atomic E-state index is 14.2. The van der Waals surface area contributed by atoms with Crippen LogP contribution < -0.4 is 10.6 Å². The summed E-state index contributed by atoms with van der Waals surface area (Å²) in [6.07, 6.45) is 0.955. The zero-order valence-electron chi connectivity index (χ0n) is 21.2. The SMILES string of the molecule is CNC(=O)[C@H]1[C@H]2C(=O)N([C@@H](CO)Cc3ccccc3)C(C(=O)NCn3nnc4ccccc43)C23CC(Br)[C@@H]1S3. The molecule has 3 unspecified atom stereocenters. The van der Waals surface area contributed by atoms with Crippen LogP contribution in [0.3, 0.4) is 0 Å². The second-order valence-electron chi connectivity index (χ2n) is 10.3. The van der Waals surface area contributed by atoms with E-state index in [1.807, 2.05) is 54.6 Å². The summed E-state index contributed by atoms with van der Waals surface area (Å²) in [5, 5.41) is 24.4. The Morgan fingerprint density at radius 2 is 1.92 bits per heavy atom. The van der Waals surface area contributed by atoms with Crippen LogP contribution in [0.2, 0.25) is 0 Å². The molecule has 3 aliphatic rings. The van der Waals surface area contributed by atoms with E-state index in [2.05, 4.69) is 36.9 Å². The summed E-state index contributed by atoms with van der Waals surface area (Å²) in [5.41, 5.74) is 2.44. The molecule has 3 aliphatic heterocycles. The van der Waals surface area contributed by atoms with Gasteiger partial charge in [-0.1, -0.05) is 63.6 Å². The van der Waals surface area contributed by atoms with Gasteiger partial charge in [-0.05, 0) is 30.5 Å². The molecule has 3 aromatic rings. The lowest BCUT2D eigenvalue weighted by molar-refractivity contribution is -0.142. The third-order valence-corrected chi connectivity index (χ3v) is 11.5. The van der Waals surface area contributed by atoms with Crippen molar-refractivity contribution in [2.45, 2.75) is 46.4 Å². The number of likely N-dealkylation sites (tertiary alicyclic amines) is 1. The standard InChI is InChI=1S/C27H29BrN6O4S/c1-29-24(36)20-21-26(38)34(16(13-35)11-15-7-3-2-4-8-15)23(27(21)12-17(28)22(20)39-27)25(37)30-14-33-19-10-6-5-9-18(19)31-32-33/h2-10,16-17,20-23,35H,11-14H2,1H3,(H,29,36)(H,30,37)/t16-,17?,20+,21+,22+,23?,27?/m1/s1. The first-order valence-electron chi connectivity index (χ1n) is 13.0. The maximum Gasteiger partial charge on any atom is 0.245 e. The molecule has 12 heteroatoms. The van der Waals surface area contributed by atoms with Gasteiger partial charge in [-0.25, -0.2) is 4.68 Å². The van der Waals surface area contributed by atoms with Gasteiger partial charge in [0.15, 0.2) is 0 Å². The Bertz CT molecular complexity index is 1420. The molecule has 0 radical (unpaired) electrons. The van der Waals surface area contributed by atoms with Crippen molar-refractivity contribution in [3.8, 4) is 0 Å². The normalized spacial score (nSPS) is 30.0. The summed E-state index contributed by atoms with van der Waals surface area (Å²) in [4.78, 5) is 42.9. The highest BCUT2D eigenvalue weighted by Gasteiger charge is 2.76. The predicted octanol–water partition coefficient (Wildman–Crippen LogP) is 1.32. The Kier molecular flexibility index (Phi) is 6.88. The molecule has 204 valence electrons. The van der Waals surface area contributed by atoms with Gasteiger partial charge in [-0.15, -0.1) is 16.9 Å². The highest BCUT2D eigenvalue weighted by molar-refractivity contribution is 9.09. The molecular weight excluding hydrogens is 584 g/mol. The number of hydrogen-bond acceptors (Lipinski definition) is 7. The molecule has 39 heavy (non-hydrogen) atoms. The Balaban J connectivity index is 1.36. The predicted molar refractivity (Wildman–Crippen MR) is 150 cm³/mol. The summed E-state index contributed by atoms with van der Waals surface area (Å²) in [6, 6.07) is 15.6. The molecule has 6 rings (SSSR count). The number of aromatic nitrogens is 3. The number of halogens is 1. The molecule has 1 spiro atoms. The van der Waals surface area contributed by atoms with Crippen LogP contribution in [0.25, 0.3) is 11.0 Å². The van der Waals surface area contributed by atoms with E-state index in [4.69, 9.17) is 0 Å². The third kappa shape index (κ3) is 4.15. The van der Waals surface area contributed by atoms with E-state index < -0.39 is 28.7 Å². The lowest BCUT2D eigenvalue weighted by Gasteiger charge is -2.37. The van der Waals surface area contributed by atoms with Gasteiger partial charge >= 0.3 is 0 Å². The van der Waals surface area contributed by atoms with E-state index in [0.29, 0.717) is 18.4 Å². The van der Waals surface area contributed by atoms with Gasteiger partial charge in [0.05, 0.1) is 34.7 Å². The maximum absolute atomic E-state index is 14.2. The Morgan fingerprint density at radius 1 is 1.18 bits per heavy atom. The van der Waals surface area contributed by atoms with Crippen LogP contribution in [0.5, 0.6) is 0 Å². The van der Waals surface area contributed by atoms with Crippen molar-refractivity contribution in [2.24, 2.45) is 11.8 Å². The molecule has 3 amide bonds. The highest BCUT2D eigenvalue weighted by Crippen LogP contribution is 2.67. The van der Waals surface area contributed by atoms with Gasteiger partial charge in [0.1, 0.15) is 18.2 Å². The summed E-state index contributed by atoms with van der Waals surface area (Å²) in [7, 11) is 1.57. The first kappa shape index (κ1) is 26.3. The molecule has 2 bridgehead atoms. The highest BCUT2D eigenvalue weighted by atomic mass is 79.9. The zero-order chi connectivity index (χ0) is 27.3. The number of benzene rings is 2. The van der Waals surface area contributed by atoms with Gasteiger partial charge in [-0.3, -0.25) is 14.4 Å². The topological polar surface area (TPSA) is 129 Å². The monoisotopic (exact) mass is 612 g/mol. The minimum absolute atomic E-state index is 0.0231. The van der Waals surface area contributed by atoms with Gasteiger partial charge in [-0.2, -0.15) is 0 Å². The summed E-state index contributed by atoms with van der Waals surface area (Å²) in [6.45, 7) is -0.233. The number of aliphatic hydroxyl groups excluding tert-OH is 1. The largest absolute Gasteiger partial charge is 0.394 e. The summed E-state index contributed by atoms with van der Waals surface area (Å²) < 4.78 is 0.808. The minimum Gasteiger partial charge on any atom is -0.394 e. The molecule has 10 nitrogen and oxygen atoms in total. The number of carbonyl (C=O) groups excluding carboxylic acids is 3. The average Bonchev–Trinajstić information content (AvgIpc) is 3.67. The lowest BCUT2D eigenvalue weighted by Crippen LogP contribution is -2.57. The number of carbonyl (C=O) groups is 3. The molecule has 4 heterocycles. The van der Waals surface area contributed by atoms with E-state index in [9.17, 15) is 19.5 Å². The smallest absolute Gasteiger partial charge is 0.245 e. The first-order valence-corrected chi connectivity index (χ1v) is 14.8. The number of hydrogen-bond donors (Lipinski definition) is 3. The van der Waals surface area contributed by atoms with Crippen LogP contribution in [0.1, 0.15) is 12.0 Å². The fraction of sp³-hybridized carbons (Fsp3) is 0.444. The van der Waals surface area contributed by atoms with Crippen LogP contribution in [0, 0.1) is 11.8 Å². The zero-order valence-corrected chi connectivity index (χ0v) is 23.6. The van der Waals surface area contributed by atoms with E-state index in [-0.39, 0.29) is 41.1 Å². The summed E-state index contributed by atoms with van der Waals surface area (Å²) in [5.74, 6) is -2.01.